The Morgan fingerprint density at radius 3 is 0.981 bits per heavy atom. The molecule has 18 nitrogen and oxygen atoms in total. The fourth-order valence-corrected chi connectivity index (χ4v) is 4.07. The first-order chi connectivity index (χ1) is 25.3. The molecule has 53 heavy (non-hydrogen) atoms. The molecule has 0 bridgehead atoms. The third-order valence-corrected chi connectivity index (χ3v) is 6.46. The monoisotopic (exact) mass is 742 g/mol. The van der Waals surface area contributed by atoms with Crippen molar-refractivity contribution in [1.29, 1.82) is 0 Å². The summed E-state index contributed by atoms with van der Waals surface area (Å²) in [4.78, 5) is 90.1. The van der Waals surface area contributed by atoms with Gasteiger partial charge in [-0.15, -0.1) is 0 Å². The molecule has 1 aromatic rings. The molecule has 0 spiro atoms. The average molecular weight is 743 g/mol. The zero-order chi connectivity index (χ0) is 39.8. The predicted molar refractivity (Wildman–Crippen MR) is 193 cm³/mol. The normalized spacial score (nSPS) is 11.2. The van der Waals surface area contributed by atoms with E-state index in [1.807, 2.05) is 0 Å². The molecule has 2 atom stereocenters. The fraction of sp³-hybridized carbons (Fsp3) is 0.400. The lowest BCUT2D eigenvalue weighted by Gasteiger charge is -2.30. The summed E-state index contributed by atoms with van der Waals surface area (Å²) in [6.45, 7) is 22.8. The molecule has 0 N–H and O–H groups in total. The number of hydrogen-bond acceptors (Lipinski definition) is 18. The lowest BCUT2D eigenvalue weighted by atomic mass is 10.3. The Balaban J connectivity index is 3.92. The van der Waals surface area contributed by atoms with Crippen LogP contribution in [-0.4, -0.2) is 129 Å². The molecular formula is C35H46N6O12. The van der Waals surface area contributed by atoms with Crippen LogP contribution < -0.4 is 14.7 Å². The Morgan fingerprint density at radius 1 is 0.472 bits per heavy atom. The van der Waals surface area contributed by atoms with E-state index in [4.69, 9.17) is 28.4 Å². The van der Waals surface area contributed by atoms with Gasteiger partial charge in [0.25, 0.3) is 0 Å². The SMILES string of the molecule is C=CC(=O)OCCN(CCOC(=O)C=C)c1nc(N(CCOC(=O)C=C)CC(C)OC(=O)C=C)nc(N(CCOC(=O)C=C)CC(C)OC(=O)C=C)n1. The predicted octanol–water partition coefficient (Wildman–Crippen LogP) is 1.44. The van der Waals surface area contributed by atoms with Gasteiger partial charge in [0.2, 0.25) is 17.8 Å². The molecule has 1 heterocycles. The van der Waals surface area contributed by atoms with Gasteiger partial charge >= 0.3 is 35.8 Å². The van der Waals surface area contributed by atoms with Crippen molar-refractivity contribution in [2.24, 2.45) is 0 Å². The summed E-state index contributed by atoms with van der Waals surface area (Å²) in [7, 11) is 0. The van der Waals surface area contributed by atoms with Crippen LogP contribution in [0.25, 0.3) is 0 Å². The maximum atomic E-state index is 12.0. The van der Waals surface area contributed by atoms with Crippen LogP contribution in [0.5, 0.6) is 0 Å². The molecule has 0 fully saturated rings. The number of carbonyl (C=O) groups excluding carboxylic acids is 6. The standard InChI is InChI=1S/C35H46N6O12/c1-9-27(42)48-19-15-39(16-20-49-28(43)10-2)33-36-34(40(17-21-50-29(44)11-3)23-25(7)52-31(46)13-5)38-35(37-33)41(18-22-51-30(45)12-4)24-26(8)53-32(47)14-6/h9-14,25-26H,1-6,15-24H2,7-8H3. The smallest absolute Gasteiger partial charge is 0.330 e. The number of hydrogen-bond donors (Lipinski definition) is 0. The maximum Gasteiger partial charge on any atom is 0.330 e. The minimum Gasteiger partial charge on any atom is -0.461 e. The molecule has 0 aromatic carbocycles. The van der Waals surface area contributed by atoms with Crippen molar-refractivity contribution in [2.75, 3.05) is 80.4 Å². The van der Waals surface area contributed by atoms with Gasteiger partial charge in [0.05, 0.1) is 39.3 Å². The summed E-state index contributed by atoms with van der Waals surface area (Å²) in [6.07, 6.45) is 4.43. The van der Waals surface area contributed by atoms with E-state index in [9.17, 15) is 28.8 Å². The molecule has 0 aliphatic heterocycles. The van der Waals surface area contributed by atoms with Gasteiger partial charge in [-0.05, 0) is 13.8 Å². The van der Waals surface area contributed by atoms with Crippen LogP contribution >= 0.6 is 0 Å². The van der Waals surface area contributed by atoms with E-state index in [2.05, 4.69) is 54.4 Å². The molecule has 0 aliphatic carbocycles. The van der Waals surface area contributed by atoms with E-state index in [0.29, 0.717) is 0 Å². The number of ether oxygens (including phenoxy) is 6. The van der Waals surface area contributed by atoms with Gasteiger partial charge in [0, 0.05) is 36.5 Å². The highest BCUT2D eigenvalue weighted by Crippen LogP contribution is 2.21. The number of aromatic nitrogens is 3. The fourth-order valence-electron chi connectivity index (χ4n) is 4.07. The van der Waals surface area contributed by atoms with E-state index >= 15 is 0 Å². The molecule has 0 saturated heterocycles. The molecule has 0 saturated carbocycles. The minimum absolute atomic E-state index is 0.0112. The summed E-state index contributed by atoms with van der Waals surface area (Å²) >= 11 is 0. The molecule has 0 amide bonds. The molecule has 0 aliphatic rings. The van der Waals surface area contributed by atoms with Gasteiger partial charge < -0.3 is 43.1 Å². The first-order valence-electron chi connectivity index (χ1n) is 16.1. The lowest BCUT2D eigenvalue weighted by molar-refractivity contribution is -0.142. The Labute approximate surface area is 308 Å². The van der Waals surface area contributed by atoms with Gasteiger partial charge in [0.15, 0.2) is 0 Å². The number of carbonyl (C=O) groups is 6. The van der Waals surface area contributed by atoms with E-state index in [0.717, 1.165) is 36.5 Å². The highest BCUT2D eigenvalue weighted by atomic mass is 16.6. The lowest BCUT2D eigenvalue weighted by Crippen LogP contribution is -2.41. The van der Waals surface area contributed by atoms with Crippen LogP contribution in [-0.2, 0) is 57.2 Å². The second kappa shape index (κ2) is 24.8. The van der Waals surface area contributed by atoms with Crippen LogP contribution in [0.2, 0.25) is 0 Å². The van der Waals surface area contributed by atoms with Crippen LogP contribution in [0.3, 0.4) is 0 Å². The van der Waals surface area contributed by atoms with E-state index in [1.54, 1.807) is 23.6 Å². The van der Waals surface area contributed by atoms with Crippen molar-refractivity contribution in [3.63, 3.8) is 0 Å². The van der Waals surface area contributed by atoms with Gasteiger partial charge in [-0.3, -0.25) is 0 Å². The van der Waals surface area contributed by atoms with Gasteiger partial charge in [-0.1, -0.05) is 39.5 Å². The van der Waals surface area contributed by atoms with Gasteiger partial charge in [-0.2, -0.15) is 15.0 Å². The molecule has 1 aromatic heterocycles. The summed E-state index contributed by atoms with van der Waals surface area (Å²) in [5.74, 6) is -4.17. The number of anilines is 3. The van der Waals surface area contributed by atoms with E-state index in [1.165, 1.54) is 4.90 Å². The van der Waals surface area contributed by atoms with Crippen molar-refractivity contribution >= 4 is 53.7 Å². The Hall–Kier alpha value is -6.33. The topological polar surface area (TPSA) is 206 Å². The number of esters is 6. The van der Waals surface area contributed by atoms with Crippen molar-refractivity contribution in [3.05, 3.63) is 75.9 Å². The summed E-state index contributed by atoms with van der Waals surface area (Å²) in [5, 5.41) is 0. The molecular weight excluding hydrogens is 696 g/mol. The molecule has 0 radical (unpaired) electrons. The van der Waals surface area contributed by atoms with Crippen molar-refractivity contribution in [3.8, 4) is 0 Å². The maximum absolute atomic E-state index is 12.0. The van der Waals surface area contributed by atoms with E-state index < -0.39 is 48.0 Å². The second-order valence-electron chi connectivity index (χ2n) is 10.5. The third-order valence-electron chi connectivity index (χ3n) is 6.46. The number of rotatable bonds is 27. The molecule has 18 heteroatoms. The first kappa shape index (κ1) is 44.7. The van der Waals surface area contributed by atoms with Crippen molar-refractivity contribution in [1.82, 2.24) is 15.0 Å². The third kappa shape index (κ3) is 17.9. The first-order valence-corrected chi connectivity index (χ1v) is 16.1. The summed E-state index contributed by atoms with van der Waals surface area (Å²) < 4.78 is 31.5. The van der Waals surface area contributed by atoms with Crippen molar-refractivity contribution < 1.29 is 57.2 Å². The minimum atomic E-state index is -0.764. The largest absolute Gasteiger partial charge is 0.461 e. The number of nitrogens with zero attached hydrogens (tertiary/aromatic N) is 6. The zero-order valence-electron chi connectivity index (χ0n) is 30.0. The summed E-state index contributed by atoms with van der Waals surface area (Å²) in [6, 6.07) is 0. The molecule has 288 valence electrons. The van der Waals surface area contributed by atoms with Gasteiger partial charge in [0.1, 0.15) is 38.6 Å². The Bertz CT molecular complexity index is 1400. The average Bonchev–Trinajstić information content (AvgIpc) is 3.15. The highest BCUT2D eigenvalue weighted by Gasteiger charge is 2.25. The zero-order valence-corrected chi connectivity index (χ0v) is 30.0. The second-order valence-corrected chi connectivity index (χ2v) is 10.5. The van der Waals surface area contributed by atoms with Crippen LogP contribution in [0.4, 0.5) is 17.8 Å². The van der Waals surface area contributed by atoms with E-state index in [-0.39, 0.29) is 83.5 Å². The van der Waals surface area contributed by atoms with Gasteiger partial charge in [-0.25, -0.2) is 28.8 Å². The summed E-state index contributed by atoms with van der Waals surface area (Å²) in [5.41, 5.74) is 0. The Kier molecular flexibility index (Phi) is 20.9. The molecule has 1 rings (SSSR count). The van der Waals surface area contributed by atoms with Crippen LogP contribution in [0.15, 0.2) is 75.9 Å². The van der Waals surface area contributed by atoms with Crippen LogP contribution in [0, 0.1) is 0 Å². The molecule has 2 unspecified atom stereocenters. The van der Waals surface area contributed by atoms with Crippen molar-refractivity contribution in [2.45, 2.75) is 26.1 Å². The Morgan fingerprint density at radius 2 is 0.717 bits per heavy atom. The quantitative estimate of drug-likeness (QED) is 0.0710. The van der Waals surface area contributed by atoms with Crippen LogP contribution in [0.1, 0.15) is 13.8 Å². The highest BCUT2D eigenvalue weighted by molar-refractivity contribution is 5.83.